The second kappa shape index (κ2) is 12.6. The molecule has 0 aliphatic carbocycles. The quantitative estimate of drug-likeness (QED) is 0.303. The number of hydrogen-bond donors (Lipinski definition) is 5. The van der Waals surface area contributed by atoms with Gasteiger partial charge in [-0.1, -0.05) is 27.7 Å². The van der Waals surface area contributed by atoms with Crippen molar-refractivity contribution in [3.8, 4) is 0 Å². The number of carbonyl (C=O) groups excluding carboxylic acids is 1. The number of hydrogen-bond acceptors (Lipinski definition) is 6. The monoisotopic (exact) mass is 377 g/mol. The summed E-state index contributed by atoms with van der Waals surface area (Å²) in [5.74, 6) is -0.226. The molecule has 0 aromatic carbocycles. The van der Waals surface area contributed by atoms with Crippen molar-refractivity contribution >= 4 is 5.91 Å². The van der Waals surface area contributed by atoms with Gasteiger partial charge in [-0.2, -0.15) is 0 Å². The fourth-order valence-corrected chi connectivity index (χ4v) is 2.93. The van der Waals surface area contributed by atoms with Gasteiger partial charge >= 0.3 is 0 Å². The predicted octanol–water partition coefficient (Wildman–Crippen LogP) is 0.825. The van der Waals surface area contributed by atoms with Crippen LogP contribution in [-0.4, -0.2) is 71.0 Å². The van der Waals surface area contributed by atoms with Crippen molar-refractivity contribution in [3.63, 3.8) is 0 Å². The van der Waals surface area contributed by atoms with Crippen molar-refractivity contribution in [1.29, 1.82) is 0 Å². The van der Waals surface area contributed by atoms with Gasteiger partial charge in [0.05, 0.1) is 18.8 Å². The molecule has 0 spiro atoms. The smallest absolute Gasteiger partial charge is 0.223 e. The Labute approximate surface area is 157 Å². The summed E-state index contributed by atoms with van der Waals surface area (Å²) in [6, 6.07) is 0. The maximum absolute atomic E-state index is 12.4. The molecular weight excluding hydrogens is 338 g/mol. The van der Waals surface area contributed by atoms with E-state index in [9.17, 15) is 25.2 Å². The molecule has 0 radical (unpaired) electrons. The number of aliphatic hydroxyl groups is 4. The van der Waals surface area contributed by atoms with Gasteiger partial charge in [0, 0.05) is 19.6 Å². The van der Waals surface area contributed by atoms with Crippen molar-refractivity contribution in [2.24, 2.45) is 11.3 Å². The van der Waals surface area contributed by atoms with Crippen LogP contribution in [0.4, 0.5) is 0 Å². The summed E-state index contributed by atoms with van der Waals surface area (Å²) in [6.07, 6.45) is -2.63. The number of aliphatic hydroxyl groups excluding tert-OH is 4. The Morgan fingerprint density at radius 3 is 2.12 bits per heavy atom. The molecule has 1 unspecified atom stereocenters. The van der Waals surface area contributed by atoms with Crippen LogP contribution >= 0.6 is 0 Å². The molecule has 0 aliphatic heterocycles. The van der Waals surface area contributed by atoms with E-state index in [-0.39, 0.29) is 23.7 Å². The number of methoxy groups -OCH3 is 1. The molecule has 0 fully saturated rings. The molecule has 0 aliphatic rings. The number of ether oxygens (including phenoxy) is 1. The van der Waals surface area contributed by atoms with E-state index >= 15 is 0 Å². The second-order valence-electron chi connectivity index (χ2n) is 8.20. The highest BCUT2D eigenvalue weighted by Gasteiger charge is 2.30. The molecule has 5 N–H and O–H groups in total. The van der Waals surface area contributed by atoms with Crippen molar-refractivity contribution in [1.82, 2.24) is 5.32 Å². The van der Waals surface area contributed by atoms with Crippen LogP contribution < -0.4 is 5.32 Å². The highest BCUT2D eigenvalue weighted by atomic mass is 16.5. The molecule has 7 heteroatoms. The summed E-state index contributed by atoms with van der Waals surface area (Å²) in [5, 5.41) is 42.2. The number of amides is 1. The second-order valence-corrected chi connectivity index (χ2v) is 8.20. The van der Waals surface area contributed by atoms with Crippen LogP contribution in [0.3, 0.4) is 0 Å². The zero-order valence-electron chi connectivity index (χ0n) is 16.9. The summed E-state index contributed by atoms with van der Waals surface area (Å²) >= 11 is 0. The average Bonchev–Trinajstić information content (AvgIpc) is 2.57. The SMILES string of the molecule is CC[C@@H](O)[C@@H](O)[C@H](O)[C@@H](O)CCCC(CC(C)(C)C)C(=O)NCCOC. The van der Waals surface area contributed by atoms with Gasteiger partial charge in [-0.05, 0) is 37.5 Å². The Kier molecular flexibility index (Phi) is 12.3. The van der Waals surface area contributed by atoms with Crippen LogP contribution in [0, 0.1) is 11.3 Å². The third-order valence-electron chi connectivity index (χ3n) is 4.44. The summed E-state index contributed by atoms with van der Waals surface area (Å²) in [4.78, 5) is 12.4. The molecule has 0 bridgehead atoms. The Morgan fingerprint density at radius 2 is 1.62 bits per heavy atom. The van der Waals surface area contributed by atoms with Crippen molar-refractivity contribution in [2.45, 2.75) is 84.2 Å². The first-order valence-corrected chi connectivity index (χ1v) is 9.52. The average molecular weight is 378 g/mol. The van der Waals surface area contributed by atoms with E-state index < -0.39 is 24.4 Å². The minimum atomic E-state index is -1.40. The number of carbonyl (C=O) groups is 1. The lowest BCUT2D eigenvalue weighted by molar-refractivity contribution is -0.126. The van der Waals surface area contributed by atoms with Gasteiger partial charge < -0.3 is 30.5 Å². The van der Waals surface area contributed by atoms with Crippen molar-refractivity contribution in [2.75, 3.05) is 20.3 Å². The van der Waals surface area contributed by atoms with Crippen LogP contribution in [0.15, 0.2) is 0 Å². The molecule has 1 amide bonds. The maximum Gasteiger partial charge on any atom is 0.223 e. The lowest BCUT2D eigenvalue weighted by atomic mass is 9.81. The number of rotatable bonds is 13. The van der Waals surface area contributed by atoms with E-state index in [1.54, 1.807) is 14.0 Å². The van der Waals surface area contributed by atoms with E-state index in [2.05, 4.69) is 26.1 Å². The van der Waals surface area contributed by atoms with Gasteiger partial charge in [-0.3, -0.25) is 4.79 Å². The predicted molar refractivity (Wildman–Crippen MR) is 101 cm³/mol. The minimum Gasteiger partial charge on any atom is -0.390 e. The van der Waals surface area contributed by atoms with E-state index in [1.165, 1.54) is 0 Å². The molecule has 156 valence electrons. The van der Waals surface area contributed by atoms with E-state index in [4.69, 9.17) is 4.74 Å². The minimum absolute atomic E-state index is 0.0111. The van der Waals surface area contributed by atoms with Crippen LogP contribution in [0.5, 0.6) is 0 Å². The van der Waals surface area contributed by atoms with Crippen molar-refractivity contribution in [3.05, 3.63) is 0 Å². The summed E-state index contributed by atoms with van der Waals surface area (Å²) in [6.45, 7) is 8.82. The first kappa shape index (κ1) is 25.3. The Morgan fingerprint density at radius 1 is 1.04 bits per heavy atom. The zero-order chi connectivity index (χ0) is 20.3. The summed E-state index contributed by atoms with van der Waals surface area (Å²) in [7, 11) is 1.58. The van der Waals surface area contributed by atoms with Crippen molar-refractivity contribution < 1.29 is 30.0 Å². The molecule has 0 rings (SSSR count). The van der Waals surface area contributed by atoms with Gasteiger partial charge in [0.15, 0.2) is 0 Å². The highest BCUT2D eigenvalue weighted by Crippen LogP contribution is 2.28. The van der Waals surface area contributed by atoms with E-state index in [0.717, 1.165) is 0 Å². The summed E-state index contributed by atoms with van der Waals surface area (Å²) < 4.78 is 4.94. The van der Waals surface area contributed by atoms with Crippen LogP contribution in [0.25, 0.3) is 0 Å². The van der Waals surface area contributed by atoms with Gasteiger partial charge in [0.25, 0.3) is 0 Å². The van der Waals surface area contributed by atoms with E-state index in [0.29, 0.717) is 38.8 Å². The molecule has 0 saturated heterocycles. The highest BCUT2D eigenvalue weighted by molar-refractivity contribution is 5.78. The zero-order valence-corrected chi connectivity index (χ0v) is 16.9. The maximum atomic E-state index is 12.4. The first-order valence-electron chi connectivity index (χ1n) is 9.52. The molecule has 7 nitrogen and oxygen atoms in total. The Bertz CT molecular complexity index is 385. The molecule has 26 heavy (non-hydrogen) atoms. The Balaban J connectivity index is 4.56. The largest absolute Gasteiger partial charge is 0.390 e. The molecule has 0 aromatic rings. The normalized spacial score (nSPS) is 18.0. The molecule has 0 heterocycles. The molecule has 0 aromatic heterocycles. The fourth-order valence-electron chi connectivity index (χ4n) is 2.93. The third-order valence-corrected chi connectivity index (χ3v) is 4.44. The lowest BCUT2D eigenvalue weighted by Gasteiger charge is -2.27. The Hall–Kier alpha value is -0.730. The van der Waals surface area contributed by atoms with Gasteiger partial charge in [-0.25, -0.2) is 0 Å². The van der Waals surface area contributed by atoms with Gasteiger partial charge in [0.1, 0.15) is 12.2 Å². The third kappa shape index (κ3) is 10.4. The van der Waals surface area contributed by atoms with E-state index in [1.807, 2.05) is 0 Å². The standard InChI is InChI=1S/C19H39NO6/c1-6-14(21)16(23)17(24)15(22)9-7-8-13(12-19(2,3)4)18(25)20-10-11-26-5/h13-17,21-24H,6-12H2,1-5H3,(H,20,25)/t13?,14-,15+,16-,17-/m1/s1. The fraction of sp³-hybridized carbons (Fsp3) is 0.947. The number of nitrogens with one attached hydrogen (secondary N) is 1. The lowest BCUT2D eigenvalue weighted by Crippen LogP contribution is -2.44. The molecular formula is C19H39NO6. The summed E-state index contributed by atoms with van der Waals surface area (Å²) in [5.41, 5.74) is -0.0111. The van der Waals surface area contributed by atoms with Gasteiger partial charge in [-0.15, -0.1) is 0 Å². The molecule has 0 saturated carbocycles. The van der Waals surface area contributed by atoms with Crippen LogP contribution in [-0.2, 0) is 9.53 Å². The topological polar surface area (TPSA) is 119 Å². The molecule has 5 atom stereocenters. The van der Waals surface area contributed by atoms with Crippen LogP contribution in [0.2, 0.25) is 0 Å². The first-order chi connectivity index (χ1) is 12.0. The van der Waals surface area contributed by atoms with Gasteiger partial charge in [0.2, 0.25) is 5.91 Å². The van der Waals surface area contributed by atoms with Crippen LogP contribution in [0.1, 0.15) is 59.8 Å².